The van der Waals surface area contributed by atoms with Gasteiger partial charge in [-0.15, -0.1) is 0 Å². The fraction of sp³-hybridized carbons (Fsp3) is 0.632. The Bertz CT molecular complexity index is 535. The molecular weight excluding hydrogens is 307 g/mol. The third kappa shape index (κ3) is 4.54. The molecule has 4 nitrogen and oxygen atoms in total. The van der Waals surface area contributed by atoms with Crippen molar-refractivity contribution in [1.29, 1.82) is 0 Å². The summed E-state index contributed by atoms with van der Waals surface area (Å²) in [5.41, 5.74) is 1.16. The van der Waals surface area contributed by atoms with Gasteiger partial charge in [0, 0.05) is 26.7 Å². The molecule has 0 bridgehead atoms. The van der Waals surface area contributed by atoms with Crippen LogP contribution in [0.25, 0.3) is 0 Å². The van der Waals surface area contributed by atoms with E-state index in [1.165, 1.54) is 12.1 Å². The average Bonchev–Trinajstić information content (AvgIpc) is 3.12. The van der Waals surface area contributed by atoms with E-state index in [0.717, 1.165) is 51.0 Å². The Morgan fingerprint density at radius 3 is 2.58 bits per heavy atom. The highest BCUT2D eigenvalue weighted by Crippen LogP contribution is 2.22. The van der Waals surface area contributed by atoms with Gasteiger partial charge in [-0.25, -0.2) is 4.39 Å². The summed E-state index contributed by atoms with van der Waals surface area (Å²) in [6.45, 7) is 5.10. The third-order valence-electron chi connectivity index (χ3n) is 5.21. The van der Waals surface area contributed by atoms with Gasteiger partial charge in [0.15, 0.2) is 0 Å². The molecule has 2 aliphatic rings. The highest BCUT2D eigenvalue weighted by atomic mass is 19.1. The van der Waals surface area contributed by atoms with Crippen LogP contribution in [0.3, 0.4) is 0 Å². The van der Waals surface area contributed by atoms with Gasteiger partial charge < -0.3 is 9.64 Å². The van der Waals surface area contributed by atoms with Gasteiger partial charge >= 0.3 is 0 Å². The van der Waals surface area contributed by atoms with E-state index in [1.807, 2.05) is 24.1 Å². The van der Waals surface area contributed by atoms with Crippen molar-refractivity contribution in [2.24, 2.45) is 11.8 Å². The van der Waals surface area contributed by atoms with Crippen molar-refractivity contribution < 1.29 is 13.9 Å². The van der Waals surface area contributed by atoms with E-state index in [0.29, 0.717) is 19.1 Å². The molecule has 0 N–H and O–H groups in total. The standard InChI is InChI=1S/C19H27FN2O2/c1-21(19(23)17-8-11-24-14-17)12-16-6-9-22(10-7-16)13-15-2-4-18(20)5-3-15/h2-5,16-17H,6-14H2,1H3. The predicted octanol–water partition coefficient (Wildman–Crippen LogP) is 2.53. The van der Waals surface area contributed by atoms with Crippen LogP contribution in [0.15, 0.2) is 24.3 Å². The Morgan fingerprint density at radius 1 is 1.25 bits per heavy atom. The first kappa shape index (κ1) is 17.4. The van der Waals surface area contributed by atoms with Crippen LogP contribution >= 0.6 is 0 Å². The van der Waals surface area contributed by atoms with Crippen LogP contribution in [0.2, 0.25) is 0 Å². The number of likely N-dealkylation sites (tertiary alicyclic amines) is 1. The van der Waals surface area contributed by atoms with Crippen molar-refractivity contribution in [2.45, 2.75) is 25.8 Å². The molecule has 2 saturated heterocycles. The second-order valence-corrected chi connectivity index (χ2v) is 7.13. The number of hydrogen-bond acceptors (Lipinski definition) is 3. The lowest BCUT2D eigenvalue weighted by atomic mass is 9.95. The van der Waals surface area contributed by atoms with Gasteiger partial charge in [0.05, 0.1) is 12.5 Å². The zero-order valence-electron chi connectivity index (χ0n) is 14.4. The van der Waals surface area contributed by atoms with Gasteiger partial charge in [0.2, 0.25) is 5.91 Å². The summed E-state index contributed by atoms with van der Waals surface area (Å²) in [6, 6.07) is 6.76. The van der Waals surface area contributed by atoms with E-state index in [-0.39, 0.29) is 17.6 Å². The molecule has 1 aromatic rings. The Kier molecular flexibility index (Phi) is 5.85. The van der Waals surface area contributed by atoms with Crippen molar-refractivity contribution in [3.63, 3.8) is 0 Å². The first-order valence-corrected chi connectivity index (χ1v) is 8.91. The van der Waals surface area contributed by atoms with E-state index < -0.39 is 0 Å². The smallest absolute Gasteiger partial charge is 0.227 e. The molecule has 0 radical (unpaired) electrons. The van der Waals surface area contributed by atoms with Gasteiger partial charge in [0.1, 0.15) is 5.82 Å². The van der Waals surface area contributed by atoms with E-state index in [4.69, 9.17) is 4.74 Å². The molecule has 1 amide bonds. The number of hydrogen-bond donors (Lipinski definition) is 0. The first-order chi connectivity index (χ1) is 11.6. The fourth-order valence-corrected chi connectivity index (χ4v) is 3.69. The van der Waals surface area contributed by atoms with Gasteiger partial charge in [-0.2, -0.15) is 0 Å². The highest BCUT2D eigenvalue weighted by molar-refractivity contribution is 5.78. The molecule has 132 valence electrons. The monoisotopic (exact) mass is 334 g/mol. The zero-order valence-corrected chi connectivity index (χ0v) is 14.4. The van der Waals surface area contributed by atoms with E-state index in [2.05, 4.69) is 4.90 Å². The Labute approximate surface area is 143 Å². The van der Waals surface area contributed by atoms with E-state index in [1.54, 1.807) is 0 Å². The fourth-order valence-electron chi connectivity index (χ4n) is 3.69. The maximum Gasteiger partial charge on any atom is 0.227 e. The molecule has 1 aromatic carbocycles. The summed E-state index contributed by atoms with van der Waals surface area (Å²) in [4.78, 5) is 16.7. The second kappa shape index (κ2) is 8.08. The number of piperidine rings is 1. The Hall–Kier alpha value is -1.46. The lowest BCUT2D eigenvalue weighted by Crippen LogP contribution is -2.41. The number of carbonyl (C=O) groups excluding carboxylic acids is 1. The minimum Gasteiger partial charge on any atom is -0.381 e. The van der Waals surface area contributed by atoms with Crippen LogP contribution in [0.4, 0.5) is 4.39 Å². The largest absolute Gasteiger partial charge is 0.381 e. The van der Waals surface area contributed by atoms with E-state index in [9.17, 15) is 9.18 Å². The molecule has 0 aliphatic carbocycles. The number of benzene rings is 1. The number of nitrogens with zero attached hydrogens (tertiary/aromatic N) is 2. The van der Waals surface area contributed by atoms with Crippen LogP contribution in [-0.2, 0) is 16.1 Å². The zero-order chi connectivity index (χ0) is 16.9. The van der Waals surface area contributed by atoms with Crippen molar-refractivity contribution >= 4 is 5.91 Å². The van der Waals surface area contributed by atoms with Crippen molar-refractivity contribution in [2.75, 3.05) is 39.9 Å². The van der Waals surface area contributed by atoms with Crippen LogP contribution in [0.5, 0.6) is 0 Å². The topological polar surface area (TPSA) is 32.8 Å². The Morgan fingerprint density at radius 2 is 1.96 bits per heavy atom. The molecule has 24 heavy (non-hydrogen) atoms. The molecule has 0 aromatic heterocycles. The predicted molar refractivity (Wildman–Crippen MR) is 91.0 cm³/mol. The average molecular weight is 334 g/mol. The molecule has 1 atom stereocenters. The molecule has 2 fully saturated rings. The third-order valence-corrected chi connectivity index (χ3v) is 5.21. The minimum absolute atomic E-state index is 0.0635. The quantitative estimate of drug-likeness (QED) is 0.829. The maximum atomic E-state index is 13.0. The number of ether oxygens (including phenoxy) is 1. The summed E-state index contributed by atoms with van der Waals surface area (Å²) in [7, 11) is 1.92. The molecule has 2 aliphatic heterocycles. The number of rotatable bonds is 5. The molecule has 2 heterocycles. The number of halogens is 1. The lowest BCUT2D eigenvalue weighted by Gasteiger charge is -2.34. The maximum absolute atomic E-state index is 13.0. The Balaban J connectivity index is 1.41. The molecule has 0 saturated carbocycles. The number of carbonyl (C=O) groups is 1. The van der Waals surface area contributed by atoms with Crippen molar-refractivity contribution in [3.05, 3.63) is 35.6 Å². The minimum atomic E-state index is -0.183. The van der Waals surface area contributed by atoms with Gasteiger partial charge in [-0.3, -0.25) is 9.69 Å². The van der Waals surface area contributed by atoms with Gasteiger partial charge in [-0.1, -0.05) is 12.1 Å². The van der Waals surface area contributed by atoms with Gasteiger partial charge in [-0.05, 0) is 56.0 Å². The summed E-state index contributed by atoms with van der Waals surface area (Å²) < 4.78 is 18.3. The molecular formula is C19H27FN2O2. The SMILES string of the molecule is CN(CC1CCN(Cc2ccc(F)cc2)CC1)C(=O)C1CCOC1. The van der Waals surface area contributed by atoms with Crippen LogP contribution in [0.1, 0.15) is 24.8 Å². The van der Waals surface area contributed by atoms with Crippen LogP contribution in [-0.4, -0.2) is 55.6 Å². The number of amides is 1. The summed E-state index contributed by atoms with van der Waals surface area (Å²) in [6.07, 6.45) is 3.08. The van der Waals surface area contributed by atoms with Crippen molar-refractivity contribution in [1.82, 2.24) is 9.80 Å². The molecule has 0 spiro atoms. The summed E-state index contributed by atoms with van der Waals surface area (Å²) >= 11 is 0. The van der Waals surface area contributed by atoms with Gasteiger partial charge in [0.25, 0.3) is 0 Å². The molecule has 1 unspecified atom stereocenters. The summed E-state index contributed by atoms with van der Waals surface area (Å²) in [5, 5.41) is 0. The molecule has 5 heteroatoms. The van der Waals surface area contributed by atoms with Crippen LogP contribution < -0.4 is 0 Å². The van der Waals surface area contributed by atoms with Crippen LogP contribution in [0, 0.1) is 17.7 Å². The normalized spacial score (nSPS) is 22.7. The highest BCUT2D eigenvalue weighted by Gasteiger charge is 2.28. The van der Waals surface area contributed by atoms with Crippen molar-refractivity contribution in [3.8, 4) is 0 Å². The van der Waals surface area contributed by atoms with E-state index >= 15 is 0 Å². The lowest BCUT2D eigenvalue weighted by molar-refractivity contribution is -0.134. The molecule has 3 rings (SSSR count). The first-order valence-electron chi connectivity index (χ1n) is 8.91. The second-order valence-electron chi connectivity index (χ2n) is 7.13. The summed E-state index contributed by atoms with van der Waals surface area (Å²) in [5.74, 6) is 0.693.